The molecule has 346 valence electrons. The molecular formula is C53H105NO4. The molecule has 0 saturated heterocycles. The maximum absolute atomic E-state index is 12.5. The van der Waals surface area contributed by atoms with Crippen LogP contribution >= 0.6 is 0 Å². The van der Waals surface area contributed by atoms with E-state index < -0.39 is 24.2 Å². The van der Waals surface area contributed by atoms with E-state index in [-0.39, 0.29) is 6.61 Å². The number of rotatable bonds is 49. The predicted octanol–water partition coefficient (Wildman–Crippen LogP) is 15.9. The van der Waals surface area contributed by atoms with Crippen molar-refractivity contribution in [2.75, 3.05) is 6.61 Å². The highest BCUT2D eigenvalue weighted by Crippen LogP contribution is 2.17. The van der Waals surface area contributed by atoms with Gasteiger partial charge in [0.1, 0.15) is 6.10 Å². The Labute approximate surface area is 363 Å². The molecule has 3 atom stereocenters. The van der Waals surface area contributed by atoms with Gasteiger partial charge in [0.2, 0.25) is 5.91 Å². The summed E-state index contributed by atoms with van der Waals surface area (Å²) in [6.07, 6.45) is 59.5. The lowest BCUT2D eigenvalue weighted by Gasteiger charge is -2.23. The van der Waals surface area contributed by atoms with Gasteiger partial charge in [0.05, 0.1) is 18.8 Å². The molecule has 0 saturated carbocycles. The molecule has 0 rings (SSSR count). The molecule has 0 aromatic rings. The van der Waals surface area contributed by atoms with E-state index in [4.69, 9.17) is 0 Å². The molecule has 0 fully saturated rings. The van der Waals surface area contributed by atoms with Gasteiger partial charge in [0.15, 0.2) is 0 Å². The highest BCUT2D eigenvalue weighted by Gasteiger charge is 2.23. The molecule has 0 aromatic heterocycles. The Morgan fingerprint density at radius 2 is 0.655 bits per heavy atom. The van der Waals surface area contributed by atoms with Gasteiger partial charge in [0.25, 0.3) is 0 Å². The number of nitrogens with one attached hydrogen (secondary N) is 1. The van der Waals surface area contributed by atoms with Crippen molar-refractivity contribution >= 4 is 5.91 Å². The second-order valence-corrected chi connectivity index (χ2v) is 18.4. The predicted molar refractivity (Wildman–Crippen MR) is 255 cm³/mol. The van der Waals surface area contributed by atoms with Crippen LogP contribution in [0.1, 0.15) is 296 Å². The van der Waals surface area contributed by atoms with Crippen molar-refractivity contribution in [2.24, 2.45) is 0 Å². The highest BCUT2D eigenvalue weighted by molar-refractivity contribution is 5.80. The molecule has 0 aliphatic heterocycles. The highest BCUT2D eigenvalue weighted by atomic mass is 16.3. The number of hydrogen-bond donors (Lipinski definition) is 4. The van der Waals surface area contributed by atoms with E-state index in [2.05, 4.69) is 31.3 Å². The first-order valence-corrected chi connectivity index (χ1v) is 26.5. The Morgan fingerprint density at radius 3 is 0.948 bits per heavy atom. The van der Waals surface area contributed by atoms with Crippen LogP contribution in [-0.2, 0) is 4.79 Å². The van der Waals surface area contributed by atoms with Gasteiger partial charge < -0.3 is 20.6 Å². The first-order valence-electron chi connectivity index (χ1n) is 26.5. The minimum atomic E-state index is -1.08. The lowest BCUT2D eigenvalue weighted by Crippen LogP contribution is -2.49. The van der Waals surface area contributed by atoms with E-state index in [1.807, 2.05) is 0 Å². The van der Waals surface area contributed by atoms with Gasteiger partial charge in [-0.1, -0.05) is 270 Å². The summed E-state index contributed by atoms with van der Waals surface area (Å²) in [5.41, 5.74) is 0. The molecule has 1 amide bonds. The van der Waals surface area contributed by atoms with Crippen LogP contribution in [0.3, 0.4) is 0 Å². The monoisotopic (exact) mass is 820 g/mol. The molecule has 5 nitrogen and oxygen atoms in total. The maximum Gasteiger partial charge on any atom is 0.249 e. The fraction of sp³-hybridized carbons (Fsp3) is 0.943. The number of aliphatic hydroxyl groups is 3. The van der Waals surface area contributed by atoms with Crippen LogP contribution in [-0.4, -0.2) is 46.1 Å². The van der Waals surface area contributed by atoms with Crippen molar-refractivity contribution in [3.8, 4) is 0 Å². The number of allylic oxidation sites excluding steroid dienone is 2. The minimum absolute atomic E-state index is 0.312. The van der Waals surface area contributed by atoms with Crippen LogP contribution in [0.5, 0.6) is 0 Å². The lowest BCUT2D eigenvalue weighted by molar-refractivity contribution is -0.131. The van der Waals surface area contributed by atoms with Crippen molar-refractivity contribution < 1.29 is 20.1 Å². The summed E-state index contributed by atoms with van der Waals surface area (Å²) in [5.74, 6) is -0.470. The van der Waals surface area contributed by atoms with Crippen LogP contribution in [0, 0.1) is 0 Å². The van der Waals surface area contributed by atoms with Crippen molar-refractivity contribution in [1.29, 1.82) is 0 Å². The summed E-state index contributed by atoms with van der Waals surface area (Å²) < 4.78 is 0. The zero-order valence-corrected chi connectivity index (χ0v) is 39.5. The SMILES string of the molecule is CCCCCCCCCCCCC/C=C\CCCCCCCCC(O)C(=O)NC(CO)C(O)CCCCCCCCCCCCCCCCCCCCCCCCC. The number of unbranched alkanes of at least 4 members (excludes halogenated alkanes) is 39. The largest absolute Gasteiger partial charge is 0.394 e. The van der Waals surface area contributed by atoms with Gasteiger partial charge in [-0.3, -0.25) is 4.79 Å². The molecule has 0 bridgehead atoms. The first kappa shape index (κ1) is 57.1. The van der Waals surface area contributed by atoms with Gasteiger partial charge in [-0.15, -0.1) is 0 Å². The van der Waals surface area contributed by atoms with E-state index in [0.717, 1.165) is 32.1 Å². The van der Waals surface area contributed by atoms with Gasteiger partial charge in [-0.2, -0.15) is 0 Å². The molecule has 5 heteroatoms. The molecule has 0 aromatic carbocycles. The third-order valence-electron chi connectivity index (χ3n) is 12.6. The molecule has 0 aliphatic carbocycles. The molecule has 0 heterocycles. The molecular weight excluding hydrogens is 715 g/mol. The summed E-state index contributed by atoms with van der Waals surface area (Å²) in [6, 6.07) is -0.712. The summed E-state index contributed by atoms with van der Waals surface area (Å²) >= 11 is 0. The minimum Gasteiger partial charge on any atom is -0.394 e. The summed E-state index contributed by atoms with van der Waals surface area (Å²) in [6.45, 7) is 4.26. The second-order valence-electron chi connectivity index (χ2n) is 18.4. The van der Waals surface area contributed by atoms with Gasteiger partial charge in [0, 0.05) is 0 Å². The van der Waals surface area contributed by atoms with Crippen molar-refractivity contribution in [1.82, 2.24) is 5.32 Å². The third kappa shape index (κ3) is 43.2. The second kappa shape index (κ2) is 48.8. The van der Waals surface area contributed by atoms with Crippen molar-refractivity contribution in [2.45, 2.75) is 315 Å². The topological polar surface area (TPSA) is 89.8 Å². The third-order valence-corrected chi connectivity index (χ3v) is 12.6. The quantitative estimate of drug-likeness (QED) is 0.0364. The Kier molecular flexibility index (Phi) is 48.0. The zero-order chi connectivity index (χ0) is 42.3. The van der Waals surface area contributed by atoms with Crippen LogP contribution in [0.25, 0.3) is 0 Å². The summed E-state index contributed by atoms with van der Waals surface area (Å²) in [5, 5.41) is 33.5. The molecule has 3 unspecified atom stereocenters. The molecule has 0 aliphatic rings. The molecule has 4 N–H and O–H groups in total. The van der Waals surface area contributed by atoms with Gasteiger partial charge >= 0.3 is 0 Å². The Bertz CT molecular complexity index is 818. The van der Waals surface area contributed by atoms with E-state index in [1.54, 1.807) is 0 Å². The lowest BCUT2D eigenvalue weighted by atomic mass is 10.0. The standard InChI is InChI=1S/C53H105NO4/c1-3-5-7-9-11-13-15-17-19-21-23-25-26-28-29-31-33-35-37-39-41-43-45-47-51(56)50(49-55)54-53(58)52(57)48-46-44-42-40-38-36-34-32-30-27-24-22-20-18-16-14-12-10-8-6-4-2/h30,32,50-52,55-57H,3-29,31,33-49H2,1-2H3,(H,54,58)/b32-30-. The number of carbonyl (C=O) groups is 1. The smallest absolute Gasteiger partial charge is 0.249 e. The van der Waals surface area contributed by atoms with E-state index in [0.29, 0.717) is 12.8 Å². The Balaban J connectivity index is 3.55. The van der Waals surface area contributed by atoms with E-state index in [1.165, 1.54) is 238 Å². The summed E-state index contributed by atoms with van der Waals surface area (Å²) in [4.78, 5) is 12.5. The molecule has 58 heavy (non-hydrogen) atoms. The van der Waals surface area contributed by atoms with Crippen LogP contribution in [0.4, 0.5) is 0 Å². The van der Waals surface area contributed by atoms with Gasteiger partial charge in [-0.05, 0) is 38.5 Å². The number of amides is 1. The zero-order valence-electron chi connectivity index (χ0n) is 39.5. The number of carbonyl (C=O) groups excluding carboxylic acids is 1. The van der Waals surface area contributed by atoms with Gasteiger partial charge in [-0.25, -0.2) is 0 Å². The van der Waals surface area contributed by atoms with Crippen LogP contribution < -0.4 is 5.32 Å². The number of hydrogen-bond acceptors (Lipinski definition) is 4. The van der Waals surface area contributed by atoms with Crippen molar-refractivity contribution in [3.63, 3.8) is 0 Å². The maximum atomic E-state index is 12.5. The first-order chi connectivity index (χ1) is 28.6. The average Bonchev–Trinajstić information content (AvgIpc) is 3.23. The fourth-order valence-corrected chi connectivity index (χ4v) is 8.48. The normalized spacial score (nSPS) is 13.4. The van der Waals surface area contributed by atoms with Crippen LogP contribution in [0.2, 0.25) is 0 Å². The van der Waals surface area contributed by atoms with E-state index in [9.17, 15) is 20.1 Å². The molecule has 0 spiro atoms. The van der Waals surface area contributed by atoms with Crippen LogP contribution in [0.15, 0.2) is 12.2 Å². The van der Waals surface area contributed by atoms with Crippen molar-refractivity contribution in [3.05, 3.63) is 12.2 Å². The fourth-order valence-electron chi connectivity index (χ4n) is 8.48. The Hall–Kier alpha value is -0.910. The van der Waals surface area contributed by atoms with E-state index >= 15 is 0 Å². The Morgan fingerprint density at radius 1 is 0.397 bits per heavy atom. The number of aliphatic hydroxyl groups excluding tert-OH is 3. The molecule has 0 radical (unpaired) electrons. The average molecular weight is 820 g/mol. The summed E-state index contributed by atoms with van der Waals surface area (Å²) in [7, 11) is 0.